The van der Waals surface area contributed by atoms with Crippen molar-refractivity contribution in [2.24, 2.45) is 5.41 Å². The zero-order chi connectivity index (χ0) is 38.0. The normalized spacial score (nSPS) is 14.9. The Labute approximate surface area is 318 Å². The predicted octanol–water partition coefficient (Wildman–Crippen LogP) is 15.4. The van der Waals surface area contributed by atoms with E-state index >= 15 is 0 Å². The van der Waals surface area contributed by atoms with E-state index < -0.39 is 0 Å². The molecule has 0 spiro atoms. The highest BCUT2D eigenvalue weighted by Crippen LogP contribution is 2.38. The van der Waals surface area contributed by atoms with Crippen LogP contribution in [0.25, 0.3) is 0 Å². The van der Waals surface area contributed by atoms with Crippen molar-refractivity contribution < 1.29 is 0 Å². The Balaban J connectivity index is 2.65. The zero-order valence-corrected chi connectivity index (χ0v) is 33.4. The van der Waals surface area contributed by atoms with Gasteiger partial charge in [0.1, 0.15) is 0 Å². The molecule has 0 aliphatic rings. The van der Waals surface area contributed by atoms with Gasteiger partial charge in [0.2, 0.25) is 0 Å². The van der Waals surface area contributed by atoms with Crippen molar-refractivity contribution in [3.8, 4) is 0 Å². The molecule has 0 saturated carbocycles. The second kappa shape index (κ2) is 25.2. The van der Waals surface area contributed by atoms with Crippen molar-refractivity contribution in [1.82, 2.24) is 4.90 Å². The number of allylic oxidation sites excluding steroid dienone is 16. The molecule has 276 valence electrons. The van der Waals surface area contributed by atoms with Crippen molar-refractivity contribution in [2.75, 3.05) is 4.90 Å². The summed E-state index contributed by atoms with van der Waals surface area (Å²) in [5, 5.41) is 0. The van der Waals surface area contributed by atoms with E-state index in [0.29, 0.717) is 0 Å². The van der Waals surface area contributed by atoms with E-state index in [4.69, 9.17) is 0 Å². The SMILES string of the molecule is C=C/C=C\C(=C/C)N(C(/C=C\C)=C/C)C(/C=C\C)=C/C/C=C/C(C)(CCCCCC)/C(=C/C=C(\CC=C)N(c1ccccc1)c1ccccc1)CC. The fourth-order valence-electron chi connectivity index (χ4n) is 6.50. The van der Waals surface area contributed by atoms with Crippen LogP contribution in [-0.2, 0) is 0 Å². The van der Waals surface area contributed by atoms with Crippen LogP contribution in [0.4, 0.5) is 11.4 Å². The average Bonchev–Trinajstić information content (AvgIpc) is 3.17. The molecule has 0 saturated heterocycles. The average molecular weight is 695 g/mol. The summed E-state index contributed by atoms with van der Waals surface area (Å²) in [6.07, 6.45) is 41.4. The summed E-state index contributed by atoms with van der Waals surface area (Å²) in [5.41, 5.74) is 8.20. The van der Waals surface area contributed by atoms with E-state index in [0.717, 1.165) is 54.1 Å². The molecular formula is C50H66N2. The molecule has 0 aliphatic carbocycles. The first kappa shape index (κ1) is 43.3. The molecule has 0 bridgehead atoms. The second-order valence-corrected chi connectivity index (χ2v) is 13.1. The lowest BCUT2D eigenvalue weighted by Crippen LogP contribution is -2.19. The van der Waals surface area contributed by atoms with Crippen molar-refractivity contribution in [3.05, 3.63) is 193 Å². The molecule has 0 N–H and O–H groups in total. The molecule has 0 fully saturated rings. The first-order valence-electron chi connectivity index (χ1n) is 19.3. The molecule has 2 heteroatoms. The minimum atomic E-state index is -0.0719. The van der Waals surface area contributed by atoms with E-state index in [1.54, 1.807) is 0 Å². The lowest BCUT2D eigenvalue weighted by Gasteiger charge is -2.31. The number of unbranched alkanes of at least 4 members (excludes halogenated alkanes) is 3. The van der Waals surface area contributed by atoms with Crippen LogP contribution in [0.1, 0.15) is 99.8 Å². The van der Waals surface area contributed by atoms with Gasteiger partial charge in [-0.05, 0) is 95.5 Å². The van der Waals surface area contributed by atoms with Crippen LogP contribution in [-0.4, -0.2) is 4.90 Å². The van der Waals surface area contributed by atoms with E-state index in [1.165, 1.54) is 37.0 Å². The summed E-state index contributed by atoms with van der Waals surface area (Å²) in [4.78, 5) is 4.67. The van der Waals surface area contributed by atoms with Gasteiger partial charge in [-0.25, -0.2) is 0 Å². The third-order valence-corrected chi connectivity index (χ3v) is 9.20. The van der Waals surface area contributed by atoms with Crippen LogP contribution >= 0.6 is 0 Å². The Morgan fingerprint density at radius 3 is 1.85 bits per heavy atom. The van der Waals surface area contributed by atoms with E-state index in [1.807, 2.05) is 18.2 Å². The van der Waals surface area contributed by atoms with Crippen molar-refractivity contribution >= 4 is 11.4 Å². The smallest absolute Gasteiger partial charge is 0.0458 e. The Morgan fingerprint density at radius 2 is 1.33 bits per heavy atom. The quantitative estimate of drug-likeness (QED) is 0.0649. The molecule has 2 rings (SSSR count). The van der Waals surface area contributed by atoms with Gasteiger partial charge in [-0.15, -0.1) is 6.58 Å². The summed E-state index contributed by atoms with van der Waals surface area (Å²) in [7, 11) is 0. The lowest BCUT2D eigenvalue weighted by atomic mass is 9.75. The van der Waals surface area contributed by atoms with Gasteiger partial charge in [-0.2, -0.15) is 0 Å². The molecule has 52 heavy (non-hydrogen) atoms. The van der Waals surface area contributed by atoms with Gasteiger partial charge in [-0.3, -0.25) is 0 Å². The molecular weight excluding hydrogens is 629 g/mol. The number of nitrogens with zero attached hydrogens (tertiary/aromatic N) is 2. The molecule has 0 heterocycles. The third-order valence-electron chi connectivity index (χ3n) is 9.20. The number of hydrogen-bond acceptors (Lipinski definition) is 2. The predicted molar refractivity (Wildman–Crippen MR) is 233 cm³/mol. The maximum Gasteiger partial charge on any atom is 0.0458 e. The highest BCUT2D eigenvalue weighted by Gasteiger charge is 2.24. The standard InChI is InChI=1S/C50H66N2/c1-10-18-20-28-41-50(9,42-29-27-38-46(31-13-4)51(44(16-7)30-12-3)45(17-8)33-19-11-2)43(15-6)39-40-47(32-14-5)52(48-34-23-21-24-35-48)49-36-25-22-26-37-49/h11-14,16-17,19,21-26,29-31,33-40,42H,2,5,10,15,18,20,27-28,32,41H2,1,3-4,6-9H3/b30-12-,31-13-,33-19-,42-29+,43-39+,44-16+,45-17+,46-38+,47-40+. The van der Waals surface area contributed by atoms with E-state index in [-0.39, 0.29) is 5.41 Å². The van der Waals surface area contributed by atoms with Crippen LogP contribution in [0.15, 0.2) is 193 Å². The molecule has 2 aromatic carbocycles. The number of hydrogen-bond donors (Lipinski definition) is 0. The molecule has 1 unspecified atom stereocenters. The molecule has 2 aromatic rings. The Bertz CT molecular complexity index is 1580. The summed E-state index contributed by atoms with van der Waals surface area (Å²) >= 11 is 0. The summed E-state index contributed by atoms with van der Waals surface area (Å²) in [6, 6.07) is 21.3. The summed E-state index contributed by atoms with van der Waals surface area (Å²) < 4.78 is 0. The Morgan fingerprint density at radius 1 is 0.731 bits per heavy atom. The monoisotopic (exact) mass is 695 g/mol. The van der Waals surface area contributed by atoms with Gasteiger partial charge in [-0.1, -0.05) is 162 Å². The number of para-hydroxylation sites is 2. The van der Waals surface area contributed by atoms with Gasteiger partial charge in [0.25, 0.3) is 0 Å². The van der Waals surface area contributed by atoms with E-state index in [2.05, 4.69) is 205 Å². The van der Waals surface area contributed by atoms with Gasteiger partial charge in [0.15, 0.2) is 0 Å². The van der Waals surface area contributed by atoms with Crippen LogP contribution in [0.5, 0.6) is 0 Å². The molecule has 0 aromatic heterocycles. The Hall–Kier alpha value is -4.82. The van der Waals surface area contributed by atoms with Crippen LogP contribution in [0.3, 0.4) is 0 Å². The van der Waals surface area contributed by atoms with Gasteiger partial charge in [0, 0.05) is 46.0 Å². The minimum absolute atomic E-state index is 0.0719. The van der Waals surface area contributed by atoms with Crippen molar-refractivity contribution in [1.29, 1.82) is 0 Å². The Kier molecular flexibility index (Phi) is 21.0. The number of rotatable bonds is 23. The first-order chi connectivity index (χ1) is 25.4. The molecule has 2 nitrogen and oxygen atoms in total. The highest BCUT2D eigenvalue weighted by molar-refractivity contribution is 5.68. The topological polar surface area (TPSA) is 6.48 Å². The number of anilines is 2. The van der Waals surface area contributed by atoms with Crippen molar-refractivity contribution in [3.63, 3.8) is 0 Å². The minimum Gasteiger partial charge on any atom is -0.314 e. The fourth-order valence-corrected chi connectivity index (χ4v) is 6.50. The second-order valence-electron chi connectivity index (χ2n) is 13.1. The molecule has 0 amide bonds. The van der Waals surface area contributed by atoms with Crippen molar-refractivity contribution in [2.45, 2.75) is 99.8 Å². The fraction of sp³-hybridized carbons (Fsp3) is 0.320. The van der Waals surface area contributed by atoms with Gasteiger partial charge in [0.05, 0.1) is 0 Å². The van der Waals surface area contributed by atoms with Gasteiger partial charge < -0.3 is 9.80 Å². The summed E-state index contributed by atoms with van der Waals surface area (Å²) in [6.45, 7) is 23.4. The largest absolute Gasteiger partial charge is 0.314 e. The highest BCUT2D eigenvalue weighted by atomic mass is 15.2. The third kappa shape index (κ3) is 13.7. The molecule has 0 radical (unpaired) electrons. The van der Waals surface area contributed by atoms with Crippen LogP contribution in [0, 0.1) is 5.41 Å². The van der Waals surface area contributed by atoms with Crippen LogP contribution < -0.4 is 4.90 Å². The maximum absolute atomic E-state index is 4.14. The first-order valence-corrected chi connectivity index (χ1v) is 19.3. The lowest BCUT2D eigenvalue weighted by molar-refractivity contribution is 0.425. The zero-order valence-electron chi connectivity index (χ0n) is 33.4. The van der Waals surface area contributed by atoms with Crippen LogP contribution in [0.2, 0.25) is 0 Å². The summed E-state index contributed by atoms with van der Waals surface area (Å²) in [5.74, 6) is 0. The maximum atomic E-state index is 4.14. The molecule has 0 aliphatic heterocycles. The van der Waals surface area contributed by atoms with Gasteiger partial charge >= 0.3 is 0 Å². The molecule has 1 atom stereocenters. The van der Waals surface area contributed by atoms with E-state index in [9.17, 15) is 0 Å². The number of benzene rings is 2.